The summed E-state index contributed by atoms with van der Waals surface area (Å²) in [7, 11) is 0. The molecule has 2 aromatic carbocycles. The van der Waals surface area contributed by atoms with Crippen LogP contribution in [0.3, 0.4) is 0 Å². The molecule has 1 N–H and O–H groups in total. The lowest BCUT2D eigenvalue weighted by molar-refractivity contribution is 0.0701. The minimum atomic E-state index is -1.03. The average molecular weight is 365 g/mol. The molecule has 130 valence electrons. The Hall–Kier alpha value is -3.17. The maximum atomic E-state index is 11.2. The number of rotatable bonds is 5. The second-order valence-corrected chi connectivity index (χ2v) is 6.48. The summed E-state index contributed by atoms with van der Waals surface area (Å²) in [6.07, 6.45) is 0. The van der Waals surface area contributed by atoms with Crippen LogP contribution in [0.25, 0.3) is 21.7 Å². The zero-order valence-electron chi connectivity index (χ0n) is 15.2. The van der Waals surface area contributed by atoms with E-state index in [1.54, 1.807) is 31.2 Å². The molecule has 5 nitrogen and oxygen atoms in total. The van der Waals surface area contributed by atoms with Crippen LogP contribution < -0.4 is 4.74 Å². The number of hydrogen-bond acceptors (Lipinski definition) is 5. The number of aromatic carboxylic acids is 1. The van der Waals surface area contributed by atoms with Gasteiger partial charge in [0.05, 0.1) is 25.3 Å². The van der Waals surface area contributed by atoms with Crippen molar-refractivity contribution in [2.45, 2.75) is 13.8 Å². The molecule has 0 atom stereocenters. The number of hydrogen-bond donors (Lipinski definition) is 1. The first-order chi connectivity index (χ1) is 12.9. The van der Waals surface area contributed by atoms with Crippen LogP contribution in [0.1, 0.15) is 29.2 Å². The first kappa shape index (κ1) is 16.3. The number of carbonyl (C=O) groups is 1. The Labute approximate surface area is 156 Å². The molecule has 3 rings (SSSR count). The maximum absolute atomic E-state index is 11.2. The van der Waals surface area contributed by atoms with Crippen LogP contribution in [0.15, 0.2) is 42.4 Å². The summed E-state index contributed by atoms with van der Waals surface area (Å²) >= 11 is 1.04. The molecule has 3 aromatic rings. The Bertz CT molecular complexity index is 1050. The molecule has 0 amide bonds. The van der Waals surface area contributed by atoms with Gasteiger partial charge in [-0.1, -0.05) is 24.2 Å². The number of aromatic nitrogens is 1. The number of carboxylic acid groups (broad SMARTS) is 1. The standard InChI is InChI=1S/C20H16N2O3S/c1-3-25-16-7-4-13(5-8-16)17-9-6-14(10-15(17)11-21)19-22-12(2)18(26-19)20(23)24/h4-10H,3H2,1-2H3,(H,23,24)/i9D. The van der Waals surface area contributed by atoms with E-state index in [-0.39, 0.29) is 10.9 Å². The third-order valence-corrected chi connectivity index (χ3v) is 4.95. The molecule has 0 saturated carbocycles. The Morgan fingerprint density at radius 3 is 2.65 bits per heavy atom. The van der Waals surface area contributed by atoms with Gasteiger partial charge in [0.15, 0.2) is 0 Å². The van der Waals surface area contributed by atoms with E-state index in [0.717, 1.165) is 22.6 Å². The number of thiazole rings is 1. The summed E-state index contributed by atoms with van der Waals surface area (Å²) in [4.78, 5) is 15.7. The summed E-state index contributed by atoms with van der Waals surface area (Å²) in [6.45, 7) is 4.09. The summed E-state index contributed by atoms with van der Waals surface area (Å²) in [5, 5.41) is 19.3. The molecular formula is C20H16N2O3S. The van der Waals surface area contributed by atoms with Gasteiger partial charge >= 0.3 is 5.97 Å². The van der Waals surface area contributed by atoms with Crippen molar-refractivity contribution in [2.24, 2.45) is 0 Å². The molecule has 1 aromatic heterocycles. The molecule has 0 aliphatic rings. The highest BCUT2D eigenvalue weighted by molar-refractivity contribution is 7.17. The minimum absolute atomic E-state index is 0.158. The van der Waals surface area contributed by atoms with Gasteiger partial charge in [0.2, 0.25) is 0 Å². The number of nitriles is 1. The molecule has 1 heterocycles. The van der Waals surface area contributed by atoms with E-state index >= 15 is 0 Å². The van der Waals surface area contributed by atoms with E-state index < -0.39 is 5.97 Å². The van der Waals surface area contributed by atoms with Gasteiger partial charge in [-0.25, -0.2) is 9.78 Å². The van der Waals surface area contributed by atoms with E-state index in [1.165, 1.54) is 0 Å². The summed E-state index contributed by atoms with van der Waals surface area (Å²) in [6, 6.07) is 12.8. The van der Waals surface area contributed by atoms with Crippen molar-refractivity contribution in [2.75, 3.05) is 6.61 Å². The van der Waals surface area contributed by atoms with E-state index in [2.05, 4.69) is 11.1 Å². The lowest BCUT2D eigenvalue weighted by atomic mass is 9.98. The molecular weight excluding hydrogens is 348 g/mol. The first-order valence-corrected chi connectivity index (χ1v) is 8.75. The SMILES string of the molecule is [2H]c1cc(-c2nc(C)c(C(=O)O)s2)cc(C#N)c1-c1ccc(OCC)cc1. The highest BCUT2D eigenvalue weighted by Crippen LogP contribution is 2.32. The zero-order valence-corrected chi connectivity index (χ0v) is 15.1. The van der Waals surface area contributed by atoms with Crippen molar-refractivity contribution in [3.63, 3.8) is 0 Å². The predicted octanol–water partition coefficient (Wildman–Crippen LogP) is 4.75. The summed E-state index contributed by atoms with van der Waals surface area (Å²) < 4.78 is 13.8. The zero-order chi connectivity index (χ0) is 19.6. The van der Waals surface area contributed by atoms with Crippen LogP contribution in [-0.4, -0.2) is 22.7 Å². The van der Waals surface area contributed by atoms with Crippen LogP contribution in [0.5, 0.6) is 5.75 Å². The van der Waals surface area contributed by atoms with Gasteiger partial charge in [-0.15, -0.1) is 11.3 Å². The van der Waals surface area contributed by atoms with Crippen molar-refractivity contribution < 1.29 is 16.0 Å². The monoisotopic (exact) mass is 365 g/mol. The van der Waals surface area contributed by atoms with Gasteiger partial charge < -0.3 is 9.84 Å². The molecule has 0 spiro atoms. The molecule has 0 bridgehead atoms. The normalized spacial score (nSPS) is 10.9. The Morgan fingerprint density at radius 1 is 1.35 bits per heavy atom. The highest BCUT2D eigenvalue weighted by Gasteiger charge is 2.16. The molecule has 26 heavy (non-hydrogen) atoms. The van der Waals surface area contributed by atoms with Gasteiger partial charge in [0, 0.05) is 5.56 Å². The van der Waals surface area contributed by atoms with Crippen LogP contribution in [-0.2, 0) is 0 Å². The molecule has 0 aliphatic heterocycles. The van der Waals surface area contributed by atoms with E-state index in [4.69, 9.17) is 6.11 Å². The van der Waals surface area contributed by atoms with Crippen LogP contribution in [0, 0.1) is 18.3 Å². The largest absolute Gasteiger partial charge is 0.494 e. The lowest BCUT2D eigenvalue weighted by Crippen LogP contribution is -1.94. The number of nitrogens with zero attached hydrogens (tertiary/aromatic N) is 2. The van der Waals surface area contributed by atoms with Gasteiger partial charge in [-0.05, 0) is 43.2 Å². The predicted molar refractivity (Wildman–Crippen MR) is 101 cm³/mol. The maximum Gasteiger partial charge on any atom is 0.347 e. The summed E-state index contributed by atoms with van der Waals surface area (Å²) in [5.74, 6) is -0.309. The number of aryl methyl sites for hydroxylation is 1. The first-order valence-electron chi connectivity index (χ1n) is 8.43. The Balaban J connectivity index is 2.07. The van der Waals surface area contributed by atoms with Crippen molar-refractivity contribution >= 4 is 17.3 Å². The molecule has 6 heteroatoms. The van der Waals surface area contributed by atoms with Crippen molar-refractivity contribution in [3.8, 4) is 33.5 Å². The third-order valence-electron chi connectivity index (χ3n) is 3.75. The second-order valence-electron chi connectivity index (χ2n) is 5.48. The average Bonchev–Trinajstić information content (AvgIpc) is 3.04. The fourth-order valence-electron chi connectivity index (χ4n) is 2.55. The molecule has 0 radical (unpaired) electrons. The molecule has 0 saturated heterocycles. The van der Waals surface area contributed by atoms with Gasteiger partial charge in [-0.3, -0.25) is 0 Å². The minimum Gasteiger partial charge on any atom is -0.494 e. The quantitative estimate of drug-likeness (QED) is 0.705. The number of ether oxygens (including phenoxy) is 1. The third kappa shape index (κ3) is 3.44. The molecule has 0 fully saturated rings. The van der Waals surface area contributed by atoms with Crippen LogP contribution in [0.4, 0.5) is 0 Å². The fraction of sp³-hybridized carbons (Fsp3) is 0.150. The number of benzene rings is 2. The topological polar surface area (TPSA) is 83.2 Å². The second kappa shape index (κ2) is 7.38. The van der Waals surface area contributed by atoms with Gasteiger partial charge in [-0.2, -0.15) is 5.26 Å². The van der Waals surface area contributed by atoms with Crippen molar-refractivity contribution in [1.82, 2.24) is 4.98 Å². The van der Waals surface area contributed by atoms with Crippen LogP contribution >= 0.6 is 11.3 Å². The molecule has 0 aliphatic carbocycles. The number of carboxylic acids is 1. The smallest absolute Gasteiger partial charge is 0.347 e. The Kier molecular flexibility index (Phi) is 4.63. The van der Waals surface area contributed by atoms with Gasteiger partial charge in [0.25, 0.3) is 0 Å². The van der Waals surface area contributed by atoms with Crippen LogP contribution in [0.2, 0.25) is 0 Å². The Morgan fingerprint density at radius 2 is 2.08 bits per heavy atom. The van der Waals surface area contributed by atoms with E-state index in [1.807, 2.05) is 19.1 Å². The van der Waals surface area contributed by atoms with E-state index in [0.29, 0.717) is 34.0 Å². The molecule has 0 unspecified atom stereocenters. The fourth-order valence-corrected chi connectivity index (χ4v) is 3.44. The van der Waals surface area contributed by atoms with E-state index in [9.17, 15) is 15.2 Å². The van der Waals surface area contributed by atoms with Gasteiger partial charge in [0.1, 0.15) is 15.6 Å². The highest BCUT2D eigenvalue weighted by atomic mass is 32.1. The van der Waals surface area contributed by atoms with Crippen molar-refractivity contribution in [1.29, 1.82) is 5.26 Å². The van der Waals surface area contributed by atoms with Crippen molar-refractivity contribution in [3.05, 3.63) is 58.6 Å². The summed E-state index contributed by atoms with van der Waals surface area (Å²) in [5.41, 5.74) is 2.59. The lowest BCUT2D eigenvalue weighted by Gasteiger charge is -2.08.